The van der Waals surface area contributed by atoms with Gasteiger partial charge in [-0.3, -0.25) is 4.90 Å². The Morgan fingerprint density at radius 1 is 1.07 bits per heavy atom. The SMILES string of the molecule is Nc1nc2c(-c3c(C(F)(F)F)cc4c(NC5CCCC(O)C5)nc(OCC56CCCN5CCC6)nc4c3F)ccc(F)c2s1. The van der Waals surface area contributed by atoms with Gasteiger partial charge in [0.05, 0.1) is 27.4 Å². The van der Waals surface area contributed by atoms with E-state index in [0.717, 1.165) is 68.3 Å². The first-order valence-electron chi connectivity index (χ1n) is 14.8. The average molecular weight is 635 g/mol. The van der Waals surface area contributed by atoms with Crippen molar-refractivity contribution < 1.29 is 31.8 Å². The van der Waals surface area contributed by atoms with Gasteiger partial charge in [0.2, 0.25) is 0 Å². The highest BCUT2D eigenvalue weighted by Gasteiger charge is 2.45. The molecule has 2 unspecified atom stereocenters. The van der Waals surface area contributed by atoms with Crippen molar-refractivity contribution in [1.82, 2.24) is 19.9 Å². The molecule has 3 fully saturated rings. The van der Waals surface area contributed by atoms with Gasteiger partial charge in [-0.05, 0) is 82.7 Å². The van der Waals surface area contributed by atoms with E-state index in [2.05, 4.69) is 25.2 Å². The summed E-state index contributed by atoms with van der Waals surface area (Å²) in [5.41, 5.74) is 2.73. The van der Waals surface area contributed by atoms with Gasteiger partial charge in [0.25, 0.3) is 0 Å². The van der Waals surface area contributed by atoms with Crippen LogP contribution in [-0.4, -0.2) is 62.3 Å². The molecule has 2 saturated heterocycles. The van der Waals surface area contributed by atoms with E-state index in [1.54, 1.807) is 0 Å². The number of fused-ring (bicyclic) bond motifs is 3. The summed E-state index contributed by atoms with van der Waals surface area (Å²) in [7, 11) is 0. The number of nitrogen functional groups attached to an aromatic ring is 1. The molecule has 2 aliphatic heterocycles. The summed E-state index contributed by atoms with van der Waals surface area (Å²) in [5.74, 6) is -1.98. The number of hydrogen-bond donors (Lipinski definition) is 3. The predicted molar refractivity (Wildman–Crippen MR) is 158 cm³/mol. The Morgan fingerprint density at radius 2 is 1.84 bits per heavy atom. The first kappa shape index (κ1) is 29.4. The molecule has 44 heavy (non-hydrogen) atoms. The molecule has 1 saturated carbocycles. The second-order valence-corrected chi connectivity index (χ2v) is 13.1. The van der Waals surface area contributed by atoms with Crippen LogP contribution in [-0.2, 0) is 6.18 Å². The monoisotopic (exact) mass is 634 g/mol. The number of aliphatic hydroxyl groups is 1. The maximum absolute atomic E-state index is 16.7. The van der Waals surface area contributed by atoms with Crippen LogP contribution in [0.3, 0.4) is 0 Å². The molecule has 0 bridgehead atoms. The van der Waals surface area contributed by atoms with Crippen LogP contribution in [0.25, 0.3) is 32.2 Å². The van der Waals surface area contributed by atoms with E-state index in [-0.39, 0.29) is 61.8 Å². The minimum absolute atomic E-state index is 0.00518. The molecule has 3 aliphatic rings. The third kappa shape index (κ3) is 5.10. The molecule has 7 rings (SSSR count). The minimum Gasteiger partial charge on any atom is -0.461 e. The lowest BCUT2D eigenvalue weighted by Gasteiger charge is -2.31. The van der Waals surface area contributed by atoms with E-state index in [1.807, 2.05) is 0 Å². The lowest BCUT2D eigenvalue weighted by molar-refractivity contribution is -0.137. The molecule has 4 heterocycles. The second kappa shape index (κ2) is 10.9. The van der Waals surface area contributed by atoms with Crippen LogP contribution in [0.5, 0.6) is 6.01 Å². The number of benzene rings is 2. The van der Waals surface area contributed by atoms with Crippen LogP contribution in [0.15, 0.2) is 18.2 Å². The molecule has 14 heteroatoms. The molecule has 4 aromatic rings. The van der Waals surface area contributed by atoms with Gasteiger partial charge in [-0.1, -0.05) is 11.3 Å². The molecule has 234 valence electrons. The van der Waals surface area contributed by atoms with Crippen molar-refractivity contribution in [3.05, 3.63) is 35.4 Å². The number of alkyl halides is 3. The van der Waals surface area contributed by atoms with E-state index < -0.39 is 35.0 Å². The van der Waals surface area contributed by atoms with E-state index >= 15 is 4.39 Å². The highest BCUT2D eigenvalue weighted by Crippen LogP contribution is 2.46. The van der Waals surface area contributed by atoms with Crippen molar-refractivity contribution in [2.45, 2.75) is 75.2 Å². The van der Waals surface area contributed by atoms with Crippen molar-refractivity contribution >= 4 is 43.4 Å². The Morgan fingerprint density at radius 3 is 2.57 bits per heavy atom. The number of nitrogens with two attached hydrogens (primary N) is 1. The molecule has 1 aliphatic carbocycles. The number of nitrogens with zero attached hydrogens (tertiary/aromatic N) is 4. The van der Waals surface area contributed by atoms with Crippen molar-refractivity contribution in [1.29, 1.82) is 0 Å². The summed E-state index contributed by atoms with van der Waals surface area (Å²) in [6.45, 7) is 2.19. The number of nitrogens with one attached hydrogen (secondary N) is 1. The fourth-order valence-electron chi connectivity index (χ4n) is 7.21. The molecule has 0 amide bonds. The number of ether oxygens (including phenoxy) is 1. The summed E-state index contributed by atoms with van der Waals surface area (Å²) in [5, 5.41) is 13.2. The van der Waals surface area contributed by atoms with Crippen LogP contribution in [0.4, 0.5) is 32.9 Å². The van der Waals surface area contributed by atoms with E-state index in [9.17, 15) is 22.7 Å². The molecule has 2 atom stereocenters. The van der Waals surface area contributed by atoms with Gasteiger partial charge in [0.1, 0.15) is 23.8 Å². The number of rotatable bonds is 6. The molecule has 0 spiro atoms. The number of aromatic nitrogens is 3. The lowest BCUT2D eigenvalue weighted by Crippen LogP contribution is -2.43. The molecule has 4 N–H and O–H groups in total. The quantitative estimate of drug-likeness (QED) is 0.206. The van der Waals surface area contributed by atoms with Gasteiger partial charge >= 0.3 is 12.2 Å². The second-order valence-electron chi connectivity index (χ2n) is 12.1. The summed E-state index contributed by atoms with van der Waals surface area (Å²) >= 11 is 0.768. The van der Waals surface area contributed by atoms with E-state index in [1.165, 1.54) is 0 Å². The Labute approximate surface area is 253 Å². The largest absolute Gasteiger partial charge is 0.461 e. The van der Waals surface area contributed by atoms with Crippen molar-refractivity contribution in [3.8, 4) is 17.1 Å². The van der Waals surface area contributed by atoms with Crippen LogP contribution in [0.1, 0.15) is 56.9 Å². The number of anilines is 2. The zero-order chi connectivity index (χ0) is 30.8. The van der Waals surface area contributed by atoms with Crippen molar-refractivity contribution in [3.63, 3.8) is 0 Å². The maximum atomic E-state index is 16.7. The molecular formula is C30H31F5N6O2S. The molecule has 0 radical (unpaired) electrons. The molecule has 8 nitrogen and oxygen atoms in total. The number of hydrogen-bond acceptors (Lipinski definition) is 9. The number of halogens is 5. The summed E-state index contributed by atoms with van der Waals surface area (Å²) in [6.07, 6.45) is 0.745. The third-order valence-corrected chi connectivity index (χ3v) is 10.2. The van der Waals surface area contributed by atoms with Gasteiger partial charge in [-0.25, -0.2) is 13.8 Å². The van der Waals surface area contributed by atoms with E-state index in [0.29, 0.717) is 25.7 Å². The van der Waals surface area contributed by atoms with Crippen LogP contribution in [0, 0.1) is 11.6 Å². The number of aliphatic hydroxyl groups excluding tert-OH is 1. The fourth-order valence-corrected chi connectivity index (χ4v) is 7.97. The highest BCUT2D eigenvalue weighted by atomic mass is 32.1. The standard InChI is InChI=1S/C30H31F5N6O2S/c31-20-7-6-17(24-25(20)44-27(36)38-24)21-19(30(33,34)35)13-18-23(22(21)32)39-28(40-26(18)37-15-4-1-5-16(42)12-15)43-14-29-8-2-10-41(29)11-3-9-29/h6-7,13,15-16,42H,1-5,8-12,14H2,(H2,36,38)(H,37,39,40). The summed E-state index contributed by atoms with van der Waals surface area (Å²) < 4.78 is 81.3. The molecule has 2 aromatic heterocycles. The Bertz CT molecular complexity index is 1740. The van der Waals surface area contributed by atoms with Gasteiger partial charge in [-0.15, -0.1) is 0 Å². The van der Waals surface area contributed by atoms with Gasteiger partial charge in [-0.2, -0.15) is 23.1 Å². The Balaban J connectivity index is 1.40. The third-order valence-electron chi connectivity index (χ3n) is 9.27. The normalized spacial score (nSPS) is 22.1. The zero-order valence-corrected chi connectivity index (χ0v) is 24.5. The summed E-state index contributed by atoms with van der Waals surface area (Å²) in [4.78, 5) is 15.2. The smallest absolute Gasteiger partial charge is 0.417 e. The van der Waals surface area contributed by atoms with E-state index in [4.69, 9.17) is 10.5 Å². The van der Waals surface area contributed by atoms with Gasteiger partial charge in [0, 0.05) is 22.6 Å². The fraction of sp³-hybridized carbons (Fsp3) is 0.500. The average Bonchev–Trinajstić information content (AvgIpc) is 3.67. The predicted octanol–water partition coefficient (Wildman–Crippen LogP) is 6.51. The summed E-state index contributed by atoms with van der Waals surface area (Å²) in [6, 6.07) is 2.42. The van der Waals surface area contributed by atoms with Crippen LogP contribution in [0.2, 0.25) is 0 Å². The topological polar surface area (TPSA) is 109 Å². The van der Waals surface area contributed by atoms with Crippen molar-refractivity contribution in [2.24, 2.45) is 0 Å². The first-order chi connectivity index (χ1) is 21.0. The highest BCUT2D eigenvalue weighted by molar-refractivity contribution is 7.22. The lowest BCUT2D eigenvalue weighted by atomic mass is 9.92. The van der Waals surface area contributed by atoms with Gasteiger partial charge < -0.3 is 20.9 Å². The molecular weight excluding hydrogens is 603 g/mol. The van der Waals surface area contributed by atoms with Crippen LogP contribution >= 0.6 is 11.3 Å². The minimum atomic E-state index is -4.99. The molecule has 2 aromatic carbocycles. The Hall–Kier alpha value is -3.36. The van der Waals surface area contributed by atoms with Gasteiger partial charge in [0.15, 0.2) is 10.9 Å². The number of thiazole rings is 1. The van der Waals surface area contributed by atoms with Crippen molar-refractivity contribution in [2.75, 3.05) is 30.7 Å². The zero-order valence-electron chi connectivity index (χ0n) is 23.7. The maximum Gasteiger partial charge on any atom is 0.417 e. The Kier molecular flexibility index (Phi) is 7.28. The van der Waals surface area contributed by atoms with Crippen LogP contribution < -0.4 is 15.8 Å². The first-order valence-corrected chi connectivity index (χ1v) is 15.6.